The van der Waals surface area contributed by atoms with E-state index in [4.69, 9.17) is 4.74 Å². The lowest BCUT2D eigenvalue weighted by molar-refractivity contribution is 0.132. The molecule has 1 saturated heterocycles. The summed E-state index contributed by atoms with van der Waals surface area (Å²) in [5, 5.41) is 3.01. The number of carbonyl (C=O) groups excluding carboxylic acids is 1. The zero-order valence-corrected chi connectivity index (χ0v) is 9.82. The number of nitrogens with one attached hydrogen (secondary N) is 1. The minimum atomic E-state index is -0.172. The van der Waals surface area contributed by atoms with Crippen molar-refractivity contribution in [2.45, 2.75) is 12.5 Å². The van der Waals surface area contributed by atoms with E-state index in [2.05, 4.69) is 10.2 Å². The zero-order valence-electron chi connectivity index (χ0n) is 9.82. The smallest absolute Gasteiger partial charge is 0.410 e. The summed E-state index contributed by atoms with van der Waals surface area (Å²) in [5.74, 6) is 0. The van der Waals surface area contributed by atoms with E-state index in [1.807, 2.05) is 21.1 Å². The van der Waals surface area contributed by atoms with Crippen molar-refractivity contribution < 1.29 is 9.53 Å². The van der Waals surface area contributed by atoms with Crippen molar-refractivity contribution in [3.05, 3.63) is 0 Å². The van der Waals surface area contributed by atoms with Crippen LogP contribution in [0.1, 0.15) is 6.42 Å². The van der Waals surface area contributed by atoms with Gasteiger partial charge in [0.05, 0.1) is 6.54 Å². The number of nitrogens with zero attached hydrogens (tertiary/aromatic N) is 2. The number of rotatable bonds is 6. The number of likely N-dealkylation sites (N-methyl/N-ethyl adjacent to an activating group) is 1. The molecular formula is C10H21N3O2. The SMILES string of the molecule is CNCC1CN(CCCN(C)C)C(=O)O1. The minimum Gasteiger partial charge on any atom is -0.443 e. The maximum absolute atomic E-state index is 11.4. The summed E-state index contributed by atoms with van der Waals surface area (Å²) in [6, 6.07) is 0. The molecule has 1 aliphatic heterocycles. The van der Waals surface area contributed by atoms with Crippen LogP contribution in [0, 0.1) is 0 Å². The highest BCUT2D eigenvalue weighted by molar-refractivity contribution is 5.69. The summed E-state index contributed by atoms with van der Waals surface area (Å²) in [7, 11) is 5.93. The predicted octanol–water partition coefficient (Wildman–Crippen LogP) is -0.0217. The van der Waals surface area contributed by atoms with Crippen molar-refractivity contribution in [1.82, 2.24) is 15.1 Å². The first-order chi connectivity index (χ1) is 7.13. The average Bonchev–Trinajstić information content (AvgIpc) is 2.47. The van der Waals surface area contributed by atoms with Crippen LogP contribution in [0.2, 0.25) is 0 Å². The second kappa shape index (κ2) is 5.92. The Bertz CT molecular complexity index is 209. The summed E-state index contributed by atoms with van der Waals surface area (Å²) in [6.07, 6.45) is 0.838. The van der Waals surface area contributed by atoms with Gasteiger partial charge < -0.3 is 19.9 Å². The molecule has 1 atom stereocenters. The Kier molecular flexibility index (Phi) is 4.84. The Morgan fingerprint density at radius 2 is 2.33 bits per heavy atom. The van der Waals surface area contributed by atoms with Gasteiger partial charge in [-0.05, 0) is 34.1 Å². The summed E-state index contributed by atoms with van der Waals surface area (Å²) in [6.45, 7) is 3.24. The highest BCUT2D eigenvalue weighted by atomic mass is 16.6. The molecule has 1 heterocycles. The quantitative estimate of drug-likeness (QED) is 0.676. The van der Waals surface area contributed by atoms with Gasteiger partial charge in [-0.2, -0.15) is 0 Å². The first kappa shape index (κ1) is 12.3. The van der Waals surface area contributed by atoms with Crippen molar-refractivity contribution in [2.75, 3.05) is 47.3 Å². The molecule has 0 aliphatic carbocycles. The molecule has 0 radical (unpaired) electrons. The van der Waals surface area contributed by atoms with E-state index in [9.17, 15) is 4.79 Å². The fourth-order valence-corrected chi connectivity index (χ4v) is 1.67. The Morgan fingerprint density at radius 1 is 1.60 bits per heavy atom. The van der Waals surface area contributed by atoms with Gasteiger partial charge in [0.15, 0.2) is 0 Å². The standard InChI is InChI=1S/C10H21N3O2/c1-11-7-9-8-13(10(14)15-9)6-4-5-12(2)3/h9,11H,4-8H2,1-3H3. The Hall–Kier alpha value is -0.810. The van der Waals surface area contributed by atoms with Crippen molar-refractivity contribution in [3.8, 4) is 0 Å². The van der Waals surface area contributed by atoms with E-state index in [0.717, 1.165) is 26.1 Å². The number of cyclic esters (lactones) is 1. The monoisotopic (exact) mass is 215 g/mol. The third-order valence-corrected chi connectivity index (χ3v) is 2.41. The van der Waals surface area contributed by atoms with E-state index >= 15 is 0 Å². The van der Waals surface area contributed by atoms with Crippen molar-refractivity contribution in [3.63, 3.8) is 0 Å². The van der Waals surface area contributed by atoms with Crippen LogP contribution in [0.5, 0.6) is 0 Å². The molecule has 0 aromatic carbocycles. The third kappa shape index (κ3) is 4.05. The van der Waals surface area contributed by atoms with E-state index < -0.39 is 0 Å². The molecule has 1 amide bonds. The fourth-order valence-electron chi connectivity index (χ4n) is 1.67. The lowest BCUT2D eigenvalue weighted by Gasteiger charge is -2.14. The van der Waals surface area contributed by atoms with Gasteiger partial charge >= 0.3 is 6.09 Å². The van der Waals surface area contributed by atoms with Gasteiger partial charge in [-0.25, -0.2) is 4.79 Å². The number of ether oxygens (including phenoxy) is 1. The van der Waals surface area contributed by atoms with E-state index in [-0.39, 0.29) is 12.2 Å². The molecule has 1 rings (SSSR count). The first-order valence-corrected chi connectivity index (χ1v) is 5.38. The number of amides is 1. The molecule has 0 aromatic rings. The molecule has 0 bridgehead atoms. The van der Waals surface area contributed by atoms with Gasteiger partial charge in [0.25, 0.3) is 0 Å². The number of hydrogen-bond donors (Lipinski definition) is 1. The topological polar surface area (TPSA) is 44.8 Å². The summed E-state index contributed by atoms with van der Waals surface area (Å²) in [4.78, 5) is 15.3. The van der Waals surface area contributed by atoms with Crippen molar-refractivity contribution >= 4 is 6.09 Å². The summed E-state index contributed by atoms with van der Waals surface area (Å²) < 4.78 is 5.18. The van der Waals surface area contributed by atoms with Crippen LogP contribution in [-0.2, 0) is 4.74 Å². The molecule has 88 valence electrons. The average molecular weight is 215 g/mol. The van der Waals surface area contributed by atoms with Gasteiger partial charge in [-0.1, -0.05) is 0 Å². The van der Waals surface area contributed by atoms with Gasteiger partial charge in [0.2, 0.25) is 0 Å². The zero-order chi connectivity index (χ0) is 11.3. The number of carbonyl (C=O) groups is 1. The van der Waals surface area contributed by atoms with Crippen LogP contribution < -0.4 is 5.32 Å². The number of hydrogen-bond acceptors (Lipinski definition) is 4. The summed E-state index contributed by atoms with van der Waals surface area (Å²) >= 11 is 0. The molecule has 5 nitrogen and oxygen atoms in total. The molecule has 1 fully saturated rings. The third-order valence-electron chi connectivity index (χ3n) is 2.41. The maximum atomic E-state index is 11.4. The Labute approximate surface area is 91.4 Å². The first-order valence-electron chi connectivity index (χ1n) is 5.38. The normalized spacial score (nSPS) is 21.2. The molecule has 5 heteroatoms. The molecule has 0 aromatic heterocycles. The second-order valence-corrected chi connectivity index (χ2v) is 4.17. The molecule has 15 heavy (non-hydrogen) atoms. The molecule has 1 unspecified atom stereocenters. The maximum Gasteiger partial charge on any atom is 0.410 e. The molecule has 0 spiro atoms. The molecule has 1 N–H and O–H groups in total. The minimum absolute atomic E-state index is 0.0156. The van der Waals surface area contributed by atoms with Gasteiger partial charge in [-0.3, -0.25) is 0 Å². The fraction of sp³-hybridized carbons (Fsp3) is 0.900. The summed E-state index contributed by atoms with van der Waals surface area (Å²) in [5.41, 5.74) is 0. The van der Waals surface area contributed by atoms with Crippen LogP contribution in [0.15, 0.2) is 0 Å². The Balaban J connectivity index is 2.22. The molecule has 0 saturated carbocycles. The second-order valence-electron chi connectivity index (χ2n) is 4.17. The van der Waals surface area contributed by atoms with Crippen LogP contribution in [0.3, 0.4) is 0 Å². The van der Waals surface area contributed by atoms with Crippen molar-refractivity contribution in [2.24, 2.45) is 0 Å². The lowest BCUT2D eigenvalue weighted by Crippen LogP contribution is -2.31. The van der Waals surface area contributed by atoms with Crippen LogP contribution in [0.25, 0.3) is 0 Å². The predicted molar refractivity (Wildman–Crippen MR) is 58.9 cm³/mol. The van der Waals surface area contributed by atoms with Crippen LogP contribution in [0.4, 0.5) is 4.79 Å². The largest absolute Gasteiger partial charge is 0.443 e. The van der Waals surface area contributed by atoms with Gasteiger partial charge in [0.1, 0.15) is 6.10 Å². The van der Waals surface area contributed by atoms with Crippen LogP contribution in [-0.4, -0.2) is 69.3 Å². The van der Waals surface area contributed by atoms with Gasteiger partial charge in [-0.15, -0.1) is 0 Å². The van der Waals surface area contributed by atoms with Gasteiger partial charge in [0, 0.05) is 13.1 Å². The molecular weight excluding hydrogens is 194 g/mol. The molecule has 1 aliphatic rings. The Morgan fingerprint density at radius 3 is 2.93 bits per heavy atom. The van der Waals surface area contributed by atoms with E-state index in [1.165, 1.54) is 0 Å². The van der Waals surface area contributed by atoms with Crippen LogP contribution >= 0.6 is 0 Å². The van der Waals surface area contributed by atoms with Crippen molar-refractivity contribution in [1.29, 1.82) is 0 Å². The lowest BCUT2D eigenvalue weighted by atomic mass is 10.3. The highest BCUT2D eigenvalue weighted by Crippen LogP contribution is 2.10. The highest BCUT2D eigenvalue weighted by Gasteiger charge is 2.29. The van der Waals surface area contributed by atoms with E-state index in [0.29, 0.717) is 6.54 Å². The van der Waals surface area contributed by atoms with E-state index in [1.54, 1.807) is 4.90 Å².